The summed E-state index contributed by atoms with van der Waals surface area (Å²) in [4.78, 5) is 16.1. The maximum absolute atomic E-state index is 5.45. The molecule has 1 aliphatic rings. The van der Waals surface area contributed by atoms with Crippen LogP contribution in [0.15, 0.2) is 218 Å². The summed E-state index contributed by atoms with van der Waals surface area (Å²) in [6.45, 7) is 0. The van der Waals surface area contributed by atoms with Crippen LogP contribution < -0.4 is 0 Å². The summed E-state index contributed by atoms with van der Waals surface area (Å²) in [5.41, 5.74) is 15.4. The molecule has 0 atom stereocenters. The van der Waals surface area contributed by atoms with E-state index in [0.29, 0.717) is 17.5 Å². The number of para-hydroxylation sites is 2. The fourth-order valence-corrected chi connectivity index (χ4v) is 9.44. The molecule has 0 saturated heterocycles. The molecule has 2 aromatic heterocycles. The smallest absolute Gasteiger partial charge is 0.165 e. The average Bonchev–Trinajstić information content (AvgIpc) is 3.51. The van der Waals surface area contributed by atoms with E-state index in [9.17, 15) is 0 Å². The van der Waals surface area contributed by atoms with Crippen molar-refractivity contribution in [2.24, 2.45) is 0 Å². The van der Waals surface area contributed by atoms with Crippen molar-refractivity contribution < 1.29 is 0 Å². The summed E-state index contributed by atoms with van der Waals surface area (Å²) >= 11 is 0. The minimum absolute atomic E-state index is 0.623. The van der Waals surface area contributed by atoms with Gasteiger partial charge in [-0.1, -0.05) is 200 Å². The lowest BCUT2D eigenvalue weighted by atomic mass is 9.91. The Labute approximate surface area is 371 Å². The molecule has 300 valence electrons. The number of hydrogen-bond donors (Lipinski definition) is 0. The Bertz CT molecular complexity index is 3550. The number of benzene rings is 9. The molecule has 64 heavy (non-hydrogen) atoms. The molecule has 9 aromatic carbocycles. The summed E-state index contributed by atoms with van der Waals surface area (Å²) in [6.07, 6.45) is 9.72. The van der Waals surface area contributed by atoms with Crippen LogP contribution in [-0.4, -0.2) is 19.5 Å². The van der Waals surface area contributed by atoms with E-state index >= 15 is 0 Å². The van der Waals surface area contributed by atoms with Crippen LogP contribution in [0.3, 0.4) is 0 Å². The third-order valence-electron chi connectivity index (χ3n) is 12.5. The van der Waals surface area contributed by atoms with Crippen LogP contribution in [-0.2, 0) is 0 Å². The summed E-state index contributed by atoms with van der Waals surface area (Å²) in [5.74, 6) is 1.89. The maximum atomic E-state index is 5.45. The van der Waals surface area contributed by atoms with E-state index in [1.165, 1.54) is 27.4 Å². The van der Waals surface area contributed by atoms with E-state index < -0.39 is 0 Å². The molecule has 0 radical (unpaired) electrons. The van der Waals surface area contributed by atoms with Crippen LogP contribution in [0.5, 0.6) is 0 Å². The highest BCUT2D eigenvalue weighted by molar-refractivity contribution is 6.09. The number of rotatable bonds is 7. The Balaban J connectivity index is 1.03. The van der Waals surface area contributed by atoms with Crippen molar-refractivity contribution in [3.8, 4) is 73.2 Å². The fraction of sp³-hybridized carbons (Fsp3) is 0.0167. The van der Waals surface area contributed by atoms with Gasteiger partial charge in [0.05, 0.1) is 11.0 Å². The van der Waals surface area contributed by atoms with Crippen LogP contribution >= 0.6 is 0 Å². The van der Waals surface area contributed by atoms with E-state index in [1.54, 1.807) is 0 Å². The number of aromatic nitrogens is 4. The van der Waals surface area contributed by atoms with Crippen molar-refractivity contribution in [3.05, 3.63) is 230 Å². The Morgan fingerprint density at radius 3 is 1.52 bits per heavy atom. The predicted molar refractivity (Wildman–Crippen MR) is 267 cm³/mol. The first-order valence-corrected chi connectivity index (χ1v) is 21.8. The lowest BCUT2D eigenvalue weighted by molar-refractivity contribution is 1.08. The molecule has 0 unspecified atom stereocenters. The minimum atomic E-state index is 0.623. The second kappa shape index (κ2) is 15.8. The molecule has 2 heterocycles. The van der Waals surface area contributed by atoms with Gasteiger partial charge in [-0.25, -0.2) is 15.0 Å². The number of fused-ring (bicyclic) bond motifs is 5. The van der Waals surface area contributed by atoms with E-state index in [0.717, 1.165) is 78.5 Å². The van der Waals surface area contributed by atoms with Crippen LogP contribution in [0, 0.1) is 0 Å². The van der Waals surface area contributed by atoms with Gasteiger partial charge in [-0.3, -0.25) is 0 Å². The molecule has 12 rings (SSSR count). The molecule has 0 N–H and O–H groups in total. The molecule has 0 saturated carbocycles. The van der Waals surface area contributed by atoms with Gasteiger partial charge in [-0.15, -0.1) is 0 Å². The van der Waals surface area contributed by atoms with Gasteiger partial charge in [-0.2, -0.15) is 0 Å². The van der Waals surface area contributed by atoms with Crippen LogP contribution in [0.2, 0.25) is 0 Å². The van der Waals surface area contributed by atoms with Crippen molar-refractivity contribution in [2.45, 2.75) is 6.42 Å². The maximum Gasteiger partial charge on any atom is 0.165 e. The third-order valence-corrected chi connectivity index (χ3v) is 12.5. The highest BCUT2D eigenvalue weighted by atomic mass is 15.0. The first kappa shape index (κ1) is 37.3. The summed E-state index contributed by atoms with van der Waals surface area (Å²) in [5, 5.41) is 4.72. The highest BCUT2D eigenvalue weighted by Gasteiger charge is 2.22. The first-order chi connectivity index (χ1) is 31.7. The van der Waals surface area contributed by atoms with Gasteiger partial charge in [0.25, 0.3) is 0 Å². The second-order valence-electron chi connectivity index (χ2n) is 16.3. The largest absolute Gasteiger partial charge is 0.309 e. The molecule has 11 aromatic rings. The van der Waals surface area contributed by atoms with Crippen molar-refractivity contribution in [3.63, 3.8) is 0 Å². The Hall–Kier alpha value is -8.47. The molecule has 0 bridgehead atoms. The van der Waals surface area contributed by atoms with Crippen LogP contribution in [0.4, 0.5) is 0 Å². The Morgan fingerprint density at radius 1 is 0.328 bits per heavy atom. The topological polar surface area (TPSA) is 43.6 Å². The van der Waals surface area contributed by atoms with Gasteiger partial charge >= 0.3 is 0 Å². The quantitative estimate of drug-likeness (QED) is 0.161. The standard InChI is InChI=1S/C60H40N4/c1-4-16-40(17-5-1)41-28-30-45(31-29-41)58-61-59(63-60(62-58)57-48-21-9-3-8-20-43(48)34-37-49(57)42-18-6-2-7-19-42)54-39-38-47(50-22-10-11-23-51(50)54)44-32-35-46(36-33-44)64-55-26-14-12-24-52(55)53-25-13-15-27-56(53)64/h1-2,4-39H,3H2. The molecule has 4 heteroatoms. The van der Waals surface area contributed by atoms with Gasteiger partial charge in [0.15, 0.2) is 17.5 Å². The zero-order valence-corrected chi connectivity index (χ0v) is 34.9. The van der Waals surface area contributed by atoms with Gasteiger partial charge in [0, 0.05) is 33.2 Å². The van der Waals surface area contributed by atoms with Crippen LogP contribution in [0.25, 0.3) is 118 Å². The second-order valence-corrected chi connectivity index (χ2v) is 16.3. The van der Waals surface area contributed by atoms with E-state index in [1.807, 2.05) is 6.07 Å². The highest BCUT2D eigenvalue weighted by Crippen LogP contribution is 2.41. The van der Waals surface area contributed by atoms with Gasteiger partial charge in [0.2, 0.25) is 0 Å². The van der Waals surface area contributed by atoms with Crippen LogP contribution in [0.1, 0.15) is 17.5 Å². The zero-order valence-electron chi connectivity index (χ0n) is 34.9. The molecule has 0 spiro atoms. The van der Waals surface area contributed by atoms with E-state index in [4.69, 9.17) is 15.0 Å². The molecule has 0 fully saturated rings. The lowest BCUT2D eigenvalue weighted by Gasteiger charge is -2.17. The zero-order chi connectivity index (χ0) is 42.4. The third kappa shape index (κ3) is 6.52. The molecule has 4 nitrogen and oxygen atoms in total. The van der Waals surface area contributed by atoms with E-state index in [-0.39, 0.29) is 0 Å². The monoisotopic (exact) mass is 816 g/mol. The molecule has 0 amide bonds. The molecule has 0 aliphatic heterocycles. The molecular formula is C60H40N4. The van der Waals surface area contributed by atoms with E-state index in [2.05, 4.69) is 229 Å². The van der Waals surface area contributed by atoms with Crippen molar-refractivity contribution >= 4 is 44.7 Å². The lowest BCUT2D eigenvalue weighted by Crippen LogP contribution is -2.03. The number of allylic oxidation sites excluding steroid dienone is 2. The predicted octanol–water partition coefficient (Wildman–Crippen LogP) is 15.6. The minimum Gasteiger partial charge on any atom is -0.309 e. The van der Waals surface area contributed by atoms with Crippen molar-refractivity contribution in [1.29, 1.82) is 0 Å². The van der Waals surface area contributed by atoms with Gasteiger partial charge in [-0.05, 0) is 92.0 Å². The van der Waals surface area contributed by atoms with Crippen molar-refractivity contribution in [1.82, 2.24) is 19.5 Å². The molecular weight excluding hydrogens is 777 g/mol. The average molecular weight is 817 g/mol. The Kier molecular flexibility index (Phi) is 9.19. The number of hydrogen-bond acceptors (Lipinski definition) is 3. The van der Waals surface area contributed by atoms with Crippen molar-refractivity contribution in [2.75, 3.05) is 0 Å². The first-order valence-electron chi connectivity index (χ1n) is 21.8. The Morgan fingerprint density at radius 2 is 0.812 bits per heavy atom. The van der Waals surface area contributed by atoms with Gasteiger partial charge in [0.1, 0.15) is 0 Å². The summed E-state index contributed by atoms with van der Waals surface area (Å²) in [7, 11) is 0. The normalized spacial score (nSPS) is 12.2. The summed E-state index contributed by atoms with van der Waals surface area (Å²) < 4.78 is 2.36. The van der Waals surface area contributed by atoms with Gasteiger partial charge < -0.3 is 4.57 Å². The SMILES string of the molecule is C1=Cc2ccc(-c3ccccc3)c(-c3nc(-c4ccc(-c5ccccc5)cc4)nc(-c4ccc(-c5ccc(-n6c7ccccc7c7ccccc76)cc5)c5ccccc45)n3)c2C=CC1. The molecule has 1 aliphatic carbocycles. The summed E-state index contributed by atoms with van der Waals surface area (Å²) in [6, 6.07) is 73.3. The number of nitrogens with zero attached hydrogens (tertiary/aromatic N) is 4. The fourth-order valence-electron chi connectivity index (χ4n) is 9.44.